The van der Waals surface area contributed by atoms with Crippen molar-refractivity contribution in [3.63, 3.8) is 0 Å². The molecule has 1 atom stereocenters. The van der Waals surface area contributed by atoms with Crippen LogP contribution in [0.4, 0.5) is 23.4 Å². The lowest BCUT2D eigenvalue weighted by Gasteiger charge is -2.27. The van der Waals surface area contributed by atoms with Crippen molar-refractivity contribution in [2.45, 2.75) is 31.5 Å². The summed E-state index contributed by atoms with van der Waals surface area (Å²) in [7, 11) is 0. The highest BCUT2D eigenvalue weighted by molar-refractivity contribution is 5.88. The van der Waals surface area contributed by atoms with Gasteiger partial charge in [0, 0.05) is 0 Å². The number of hydrogen-bond donors (Lipinski definition) is 2. The summed E-state index contributed by atoms with van der Waals surface area (Å²) in [6, 6.07) is 5.50. The molecule has 1 unspecified atom stereocenters. The average molecular weight is 350 g/mol. The molecule has 4 nitrogen and oxygen atoms in total. The van der Waals surface area contributed by atoms with Crippen LogP contribution in [0.15, 0.2) is 30.6 Å². The fourth-order valence-electron chi connectivity index (χ4n) is 3.31. The SMILES string of the molecule is Fc1ccc2c(c1)CCCC2Nc1ncnc2[nH]c(C(F)(F)F)cc12. The Morgan fingerprint density at radius 1 is 1.16 bits per heavy atom. The number of aromatic amines is 1. The van der Waals surface area contributed by atoms with E-state index in [2.05, 4.69) is 20.3 Å². The zero-order chi connectivity index (χ0) is 17.6. The lowest BCUT2D eigenvalue weighted by atomic mass is 9.87. The van der Waals surface area contributed by atoms with Gasteiger partial charge in [-0.3, -0.25) is 0 Å². The fourth-order valence-corrected chi connectivity index (χ4v) is 3.31. The molecule has 4 rings (SSSR count). The predicted molar refractivity (Wildman–Crippen MR) is 84.6 cm³/mol. The van der Waals surface area contributed by atoms with Gasteiger partial charge in [-0.2, -0.15) is 13.2 Å². The summed E-state index contributed by atoms with van der Waals surface area (Å²) in [5.41, 5.74) is 1.13. The summed E-state index contributed by atoms with van der Waals surface area (Å²) in [5, 5.41) is 3.48. The van der Waals surface area contributed by atoms with Crippen LogP contribution in [0.1, 0.15) is 35.7 Å². The second-order valence-corrected chi connectivity index (χ2v) is 6.10. The van der Waals surface area contributed by atoms with Gasteiger partial charge in [-0.05, 0) is 48.6 Å². The number of halogens is 4. The van der Waals surface area contributed by atoms with Crippen molar-refractivity contribution >= 4 is 16.9 Å². The van der Waals surface area contributed by atoms with E-state index in [1.54, 1.807) is 6.07 Å². The molecule has 0 aliphatic heterocycles. The van der Waals surface area contributed by atoms with E-state index in [0.717, 1.165) is 36.5 Å². The molecule has 0 spiro atoms. The molecule has 0 fully saturated rings. The van der Waals surface area contributed by atoms with Crippen LogP contribution in [-0.4, -0.2) is 15.0 Å². The second-order valence-electron chi connectivity index (χ2n) is 6.10. The number of hydrogen-bond acceptors (Lipinski definition) is 3. The molecule has 3 aromatic rings. The Balaban J connectivity index is 1.71. The number of H-pyrrole nitrogens is 1. The Morgan fingerprint density at radius 2 is 2.00 bits per heavy atom. The maximum absolute atomic E-state index is 13.4. The maximum Gasteiger partial charge on any atom is 0.431 e. The molecular formula is C17H14F4N4. The van der Waals surface area contributed by atoms with E-state index in [1.807, 2.05) is 0 Å². The molecular weight excluding hydrogens is 336 g/mol. The van der Waals surface area contributed by atoms with E-state index in [4.69, 9.17) is 0 Å². The number of rotatable bonds is 2. The number of fused-ring (bicyclic) bond motifs is 2. The van der Waals surface area contributed by atoms with Gasteiger partial charge in [0.15, 0.2) is 0 Å². The quantitative estimate of drug-likeness (QED) is 0.664. The monoisotopic (exact) mass is 350 g/mol. The highest BCUT2D eigenvalue weighted by Crippen LogP contribution is 2.36. The third-order valence-electron chi connectivity index (χ3n) is 4.46. The van der Waals surface area contributed by atoms with Crippen molar-refractivity contribution in [2.75, 3.05) is 5.32 Å². The molecule has 2 aromatic heterocycles. The van der Waals surface area contributed by atoms with Crippen molar-refractivity contribution in [1.82, 2.24) is 15.0 Å². The largest absolute Gasteiger partial charge is 0.431 e. The van der Waals surface area contributed by atoms with Gasteiger partial charge < -0.3 is 10.3 Å². The van der Waals surface area contributed by atoms with E-state index in [1.165, 1.54) is 18.5 Å². The van der Waals surface area contributed by atoms with Gasteiger partial charge in [-0.25, -0.2) is 14.4 Å². The van der Waals surface area contributed by atoms with Crippen LogP contribution < -0.4 is 5.32 Å². The first-order valence-corrected chi connectivity index (χ1v) is 7.87. The van der Waals surface area contributed by atoms with Gasteiger partial charge in [-0.15, -0.1) is 0 Å². The lowest BCUT2D eigenvalue weighted by Crippen LogP contribution is -2.18. The second kappa shape index (κ2) is 5.72. The predicted octanol–water partition coefficient (Wildman–Crippen LogP) is 4.61. The van der Waals surface area contributed by atoms with Crippen LogP contribution in [0.5, 0.6) is 0 Å². The average Bonchev–Trinajstić information content (AvgIpc) is 3.00. The minimum Gasteiger partial charge on any atom is -0.363 e. The zero-order valence-electron chi connectivity index (χ0n) is 13.0. The van der Waals surface area contributed by atoms with Gasteiger partial charge in [0.2, 0.25) is 0 Å². The topological polar surface area (TPSA) is 53.6 Å². The first-order chi connectivity index (χ1) is 11.9. The standard InChI is InChI=1S/C17H14F4N4/c18-10-4-5-11-9(6-10)2-1-3-13(11)24-15-12-7-14(17(19,20)21)25-16(12)23-8-22-15/h4-8,13H,1-3H2,(H2,22,23,24,25). The normalized spacial score (nSPS) is 17.5. The van der Waals surface area contributed by atoms with E-state index < -0.39 is 11.9 Å². The lowest BCUT2D eigenvalue weighted by molar-refractivity contribution is -0.140. The van der Waals surface area contributed by atoms with E-state index in [-0.39, 0.29) is 22.9 Å². The highest BCUT2D eigenvalue weighted by Gasteiger charge is 2.33. The highest BCUT2D eigenvalue weighted by atomic mass is 19.4. The van der Waals surface area contributed by atoms with Crippen LogP contribution in [0.3, 0.4) is 0 Å². The minimum atomic E-state index is -4.48. The smallest absolute Gasteiger partial charge is 0.363 e. The number of alkyl halides is 3. The fraction of sp³-hybridized carbons (Fsp3) is 0.294. The number of benzene rings is 1. The Hall–Kier alpha value is -2.64. The molecule has 0 bridgehead atoms. The third kappa shape index (κ3) is 2.92. The Bertz CT molecular complexity index is 932. The van der Waals surface area contributed by atoms with Crippen molar-refractivity contribution in [3.8, 4) is 0 Å². The van der Waals surface area contributed by atoms with Crippen LogP contribution >= 0.6 is 0 Å². The molecule has 8 heteroatoms. The van der Waals surface area contributed by atoms with Crippen LogP contribution in [0.25, 0.3) is 11.0 Å². The van der Waals surface area contributed by atoms with Crippen molar-refractivity contribution < 1.29 is 17.6 Å². The van der Waals surface area contributed by atoms with E-state index >= 15 is 0 Å². The summed E-state index contributed by atoms with van der Waals surface area (Å²) >= 11 is 0. The van der Waals surface area contributed by atoms with Gasteiger partial charge in [-0.1, -0.05) is 6.07 Å². The van der Waals surface area contributed by atoms with Crippen molar-refractivity contribution in [1.29, 1.82) is 0 Å². The molecule has 1 aromatic carbocycles. The van der Waals surface area contributed by atoms with Crippen LogP contribution in [0.2, 0.25) is 0 Å². The van der Waals surface area contributed by atoms with Gasteiger partial charge in [0.05, 0.1) is 11.4 Å². The molecule has 25 heavy (non-hydrogen) atoms. The van der Waals surface area contributed by atoms with Crippen molar-refractivity contribution in [3.05, 3.63) is 53.2 Å². The summed E-state index contributed by atoms with van der Waals surface area (Å²) in [5.74, 6) is 0.0446. The molecule has 0 saturated heterocycles. The summed E-state index contributed by atoms with van der Waals surface area (Å²) in [6.07, 6.45) is -0.820. The van der Waals surface area contributed by atoms with Gasteiger partial charge in [0.1, 0.15) is 29.3 Å². The minimum absolute atomic E-state index is 0.125. The molecule has 2 N–H and O–H groups in total. The zero-order valence-corrected chi connectivity index (χ0v) is 13.0. The molecule has 0 radical (unpaired) electrons. The van der Waals surface area contributed by atoms with E-state index in [0.29, 0.717) is 5.82 Å². The molecule has 2 heterocycles. The summed E-state index contributed by atoms with van der Waals surface area (Å²) < 4.78 is 52.2. The van der Waals surface area contributed by atoms with Gasteiger partial charge >= 0.3 is 6.18 Å². The van der Waals surface area contributed by atoms with Crippen molar-refractivity contribution in [2.24, 2.45) is 0 Å². The number of nitrogens with one attached hydrogen (secondary N) is 2. The number of nitrogens with zero attached hydrogens (tertiary/aromatic N) is 2. The Kier molecular flexibility index (Phi) is 3.63. The Morgan fingerprint density at radius 3 is 2.80 bits per heavy atom. The van der Waals surface area contributed by atoms with Crippen LogP contribution in [0, 0.1) is 5.82 Å². The molecule has 0 amide bonds. The first-order valence-electron chi connectivity index (χ1n) is 7.87. The molecule has 130 valence electrons. The molecule has 0 saturated carbocycles. The number of aromatic nitrogens is 3. The number of aryl methyl sites for hydroxylation is 1. The number of anilines is 1. The first kappa shape index (κ1) is 15.9. The van der Waals surface area contributed by atoms with Gasteiger partial charge in [0.25, 0.3) is 0 Å². The van der Waals surface area contributed by atoms with E-state index in [9.17, 15) is 17.6 Å². The Labute approximate surface area is 140 Å². The third-order valence-corrected chi connectivity index (χ3v) is 4.46. The summed E-state index contributed by atoms with van der Waals surface area (Å²) in [6.45, 7) is 0. The molecule has 1 aliphatic carbocycles. The van der Waals surface area contributed by atoms with Crippen LogP contribution in [-0.2, 0) is 12.6 Å². The maximum atomic E-state index is 13.4. The summed E-state index contributed by atoms with van der Waals surface area (Å²) in [4.78, 5) is 10.2. The molecule has 1 aliphatic rings.